The van der Waals surface area contributed by atoms with E-state index < -0.39 is 5.91 Å². The molecule has 2 aromatic rings. The lowest BCUT2D eigenvalue weighted by atomic mass is 10.1. The van der Waals surface area contributed by atoms with E-state index in [1.165, 1.54) is 0 Å². The van der Waals surface area contributed by atoms with E-state index in [1.807, 2.05) is 0 Å². The molecule has 0 unspecified atom stereocenters. The molecule has 0 fully saturated rings. The number of nitrogens with two attached hydrogens (primary N) is 2. The van der Waals surface area contributed by atoms with Crippen molar-refractivity contribution in [2.24, 2.45) is 5.73 Å². The predicted molar refractivity (Wildman–Crippen MR) is 68.8 cm³/mol. The smallest absolute Gasteiger partial charge is 0.250 e. The Hall–Kier alpha value is -2.08. The normalized spacial score (nSPS) is 10.1. The van der Waals surface area contributed by atoms with Crippen molar-refractivity contribution in [3.63, 3.8) is 0 Å². The molecular weight excluding hydrogens is 236 g/mol. The minimum absolute atomic E-state index is 0.398. The minimum Gasteiger partial charge on any atom is -0.399 e. The highest BCUT2D eigenvalue weighted by molar-refractivity contribution is 7.09. The quantitative estimate of drug-likeness (QED) is 0.713. The molecule has 2 rings (SSSR count). The Morgan fingerprint density at radius 1 is 1.47 bits per heavy atom. The summed E-state index contributed by atoms with van der Waals surface area (Å²) in [6, 6.07) is 5.04. The SMILES string of the molecule is NC(=O)c1cc(N)ccc1NCc1cncs1. The Labute approximate surface area is 102 Å². The third-order valence-corrected chi connectivity index (χ3v) is 3.03. The first-order valence-electron chi connectivity index (χ1n) is 4.97. The summed E-state index contributed by atoms with van der Waals surface area (Å²) in [5.74, 6) is -0.496. The number of carbonyl (C=O) groups excluding carboxylic acids is 1. The first kappa shape index (κ1) is 11.4. The summed E-state index contributed by atoms with van der Waals surface area (Å²) < 4.78 is 0. The number of hydrogen-bond acceptors (Lipinski definition) is 5. The van der Waals surface area contributed by atoms with Gasteiger partial charge in [0, 0.05) is 22.4 Å². The van der Waals surface area contributed by atoms with E-state index in [2.05, 4.69) is 10.3 Å². The number of amides is 1. The average Bonchev–Trinajstić information content (AvgIpc) is 2.80. The first-order valence-corrected chi connectivity index (χ1v) is 5.85. The standard InChI is InChI=1S/C11H12N4OS/c12-7-1-2-10(9(3-7)11(13)16)15-5-8-4-14-6-17-8/h1-4,6,15H,5,12H2,(H2,13,16). The lowest BCUT2D eigenvalue weighted by Crippen LogP contribution is -2.14. The minimum atomic E-state index is -0.496. The highest BCUT2D eigenvalue weighted by Crippen LogP contribution is 2.19. The van der Waals surface area contributed by atoms with Gasteiger partial charge in [0.2, 0.25) is 0 Å². The number of benzene rings is 1. The average molecular weight is 248 g/mol. The van der Waals surface area contributed by atoms with Gasteiger partial charge in [-0.05, 0) is 18.2 Å². The fraction of sp³-hybridized carbons (Fsp3) is 0.0909. The lowest BCUT2D eigenvalue weighted by molar-refractivity contribution is 0.100. The Kier molecular flexibility index (Phi) is 3.24. The third kappa shape index (κ3) is 2.73. The number of anilines is 2. The van der Waals surface area contributed by atoms with Crippen molar-refractivity contribution < 1.29 is 4.79 Å². The number of thiazole rings is 1. The van der Waals surface area contributed by atoms with Gasteiger partial charge < -0.3 is 16.8 Å². The highest BCUT2D eigenvalue weighted by Gasteiger charge is 2.08. The van der Waals surface area contributed by atoms with Gasteiger partial charge in [0.05, 0.1) is 17.6 Å². The van der Waals surface area contributed by atoms with E-state index in [1.54, 1.807) is 41.2 Å². The van der Waals surface area contributed by atoms with Crippen LogP contribution < -0.4 is 16.8 Å². The van der Waals surface area contributed by atoms with Crippen LogP contribution in [0.25, 0.3) is 0 Å². The number of aromatic nitrogens is 1. The molecule has 17 heavy (non-hydrogen) atoms. The number of primary amides is 1. The second kappa shape index (κ2) is 4.84. The molecule has 1 aromatic carbocycles. The van der Waals surface area contributed by atoms with Crippen LogP contribution in [0.1, 0.15) is 15.2 Å². The van der Waals surface area contributed by atoms with Crippen LogP contribution in [-0.2, 0) is 6.54 Å². The molecule has 1 aromatic heterocycles. The molecule has 0 spiro atoms. The fourth-order valence-electron chi connectivity index (χ4n) is 1.43. The van der Waals surface area contributed by atoms with Crippen LogP contribution in [0.15, 0.2) is 29.9 Å². The van der Waals surface area contributed by atoms with Crippen molar-refractivity contribution in [2.75, 3.05) is 11.1 Å². The maximum Gasteiger partial charge on any atom is 0.250 e. The van der Waals surface area contributed by atoms with Crippen LogP contribution in [-0.4, -0.2) is 10.9 Å². The molecule has 0 aliphatic heterocycles. The second-order valence-electron chi connectivity index (χ2n) is 3.49. The van der Waals surface area contributed by atoms with Gasteiger partial charge in [-0.3, -0.25) is 9.78 Å². The monoisotopic (exact) mass is 248 g/mol. The Bertz CT molecular complexity index is 524. The van der Waals surface area contributed by atoms with E-state index in [4.69, 9.17) is 11.5 Å². The summed E-state index contributed by atoms with van der Waals surface area (Å²) in [6.07, 6.45) is 1.78. The molecule has 1 amide bonds. The molecule has 0 aliphatic carbocycles. The summed E-state index contributed by atoms with van der Waals surface area (Å²) in [5.41, 5.74) is 14.3. The summed E-state index contributed by atoms with van der Waals surface area (Å²) in [6.45, 7) is 0.606. The maximum absolute atomic E-state index is 11.3. The Morgan fingerprint density at radius 2 is 2.29 bits per heavy atom. The van der Waals surface area contributed by atoms with Crippen LogP contribution in [0.5, 0.6) is 0 Å². The number of nitrogens with one attached hydrogen (secondary N) is 1. The van der Waals surface area contributed by atoms with Gasteiger partial charge in [0.1, 0.15) is 0 Å². The number of nitrogens with zero attached hydrogens (tertiary/aromatic N) is 1. The van der Waals surface area contributed by atoms with E-state index in [9.17, 15) is 4.79 Å². The maximum atomic E-state index is 11.3. The summed E-state index contributed by atoms with van der Waals surface area (Å²) in [4.78, 5) is 16.3. The molecule has 0 radical (unpaired) electrons. The lowest BCUT2D eigenvalue weighted by Gasteiger charge is -2.09. The van der Waals surface area contributed by atoms with Crippen molar-refractivity contribution in [3.8, 4) is 0 Å². The van der Waals surface area contributed by atoms with Crippen molar-refractivity contribution >= 4 is 28.6 Å². The van der Waals surface area contributed by atoms with Crippen molar-refractivity contribution in [2.45, 2.75) is 6.54 Å². The zero-order valence-electron chi connectivity index (χ0n) is 9.01. The molecule has 0 bridgehead atoms. The molecule has 5 nitrogen and oxygen atoms in total. The molecule has 0 aliphatic rings. The fourth-order valence-corrected chi connectivity index (χ4v) is 1.97. The van der Waals surface area contributed by atoms with Crippen LogP contribution in [0, 0.1) is 0 Å². The van der Waals surface area contributed by atoms with Crippen LogP contribution in [0.3, 0.4) is 0 Å². The van der Waals surface area contributed by atoms with Crippen molar-refractivity contribution in [1.82, 2.24) is 4.98 Å². The molecule has 88 valence electrons. The number of rotatable bonds is 4. The van der Waals surface area contributed by atoms with Crippen molar-refractivity contribution in [3.05, 3.63) is 40.3 Å². The van der Waals surface area contributed by atoms with Gasteiger partial charge >= 0.3 is 0 Å². The third-order valence-electron chi connectivity index (χ3n) is 2.25. The van der Waals surface area contributed by atoms with Crippen molar-refractivity contribution in [1.29, 1.82) is 0 Å². The second-order valence-corrected chi connectivity index (χ2v) is 4.46. The Balaban J connectivity index is 2.17. The molecule has 6 heteroatoms. The number of hydrogen-bond donors (Lipinski definition) is 3. The van der Waals surface area contributed by atoms with Gasteiger partial charge in [-0.25, -0.2) is 0 Å². The highest BCUT2D eigenvalue weighted by atomic mass is 32.1. The summed E-state index contributed by atoms with van der Waals surface area (Å²) >= 11 is 1.55. The zero-order valence-corrected chi connectivity index (χ0v) is 9.83. The van der Waals surface area contributed by atoms with Gasteiger partial charge in [-0.2, -0.15) is 0 Å². The van der Waals surface area contributed by atoms with E-state index in [0.717, 1.165) is 4.88 Å². The van der Waals surface area contributed by atoms with E-state index >= 15 is 0 Å². The summed E-state index contributed by atoms with van der Waals surface area (Å²) in [5, 5.41) is 3.14. The molecule has 1 heterocycles. The molecule has 0 saturated carbocycles. The van der Waals surface area contributed by atoms with Crippen LogP contribution in [0.2, 0.25) is 0 Å². The zero-order chi connectivity index (χ0) is 12.3. The molecule has 0 saturated heterocycles. The molecular formula is C11H12N4OS. The van der Waals surface area contributed by atoms with Gasteiger partial charge in [0.25, 0.3) is 5.91 Å². The van der Waals surface area contributed by atoms with E-state index in [-0.39, 0.29) is 0 Å². The molecule has 5 N–H and O–H groups in total. The topological polar surface area (TPSA) is 94.0 Å². The summed E-state index contributed by atoms with van der Waals surface area (Å²) in [7, 11) is 0. The van der Waals surface area contributed by atoms with Gasteiger partial charge in [-0.15, -0.1) is 11.3 Å². The predicted octanol–water partition coefficient (Wildman–Crippen LogP) is 1.44. The largest absolute Gasteiger partial charge is 0.399 e. The van der Waals surface area contributed by atoms with Crippen LogP contribution in [0.4, 0.5) is 11.4 Å². The van der Waals surface area contributed by atoms with Gasteiger partial charge in [0.15, 0.2) is 0 Å². The van der Waals surface area contributed by atoms with E-state index in [0.29, 0.717) is 23.5 Å². The van der Waals surface area contributed by atoms with Crippen LogP contribution >= 0.6 is 11.3 Å². The molecule has 0 atom stereocenters. The van der Waals surface area contributed by atoms with Gasteiger partial charge in [-0.1, -0.05) is 0 Å². The first-order chi connectivity index (χ1) is 8.16. The number of nitrogen functional groups attached to an aromatic ring is 1. The number of carbonyl (C=O) groups is 1. The Morgan fingerprint density at radius 3 is 2.94 bits per heavy atom.